The number of aromatic nitrogens is 1. The average Bonchev–Trinajstić information content (AvgIpc) is 2.39. The van der Waals surface area contributed by atoms with Crippen LogP contribution in [0.5, 0.6) is 0 Å². The molecule has 0 amide bonds. The highest BCUT2D eigenvalue weighted by Crippen LogP contribution is 2.31. The minimum absolute atomic E-state index is 0.625. The average molecular weight is 275 g/mol. The quantitative estimate of drug-likeness (QED) is 0.874. The highest BCUT2D eigenvalue weighted by molar-refractivity contribution is 5.48. The van der Waals surface area contributed by atoms with Crippen molar-refractivity contribution in [2.45, 2.75) is 52.0 Å². The van der Waals surface area contributed by atoms with Crippen LogP contribution in [0.3, 0.4) is 0 Å². The topological polar surface area (TPSA) is 28.2 Å². The number of hydrogen-bond donors (Lipinski definition) is 1. The lowest BCUT2D eigenvalue weighted by Crippen LogP contribution is -2.28. The minimum Gasteiger partial charge on any atom is -0.381 e. The van der Waals surface area contributed by atoms with E-state index in [4.69, 9.17) is 0 Å². The van der Waals surface area contributed by atoms with E-state index in [2.05, 4.69) is 36.3 Å². The Morgan fingerprint density at radius 2 is 2.10 bits per heavy atom. The van der Waals surface area contributed by atoms with Crippen LogP contribution < -0.4 is 10.2 Å². The molecule has 1 aromatic heterocycles. The number of hydrogen-bond acceptors (Lipinski definition) is 3. The summed E-state index contributed by atoms with van der Waals surface area (Å²) < 4.78 is 0. The van der Waals surface area contributed by atoms with Crippen molar-refractivity contribution in [1.29, 1.82) is 0 Å². The zero-order chi connectivity index (χ0) is 14.5. The lowest BCUT2D eigenvalue weighted by atomic mass is 9.81. The van der Waals surface area contributed by atoms with Gasteiger partial charge in [-0.05, 0) is 43.2 Å². The van der Waals surface area contributed by atoms with Crippen molar-refractivity contribution in [2.75, 3.05) is 24.3 Å². The van der Waals surface area contributed by atoms with Crippen molar-refractivity contribution in [3.05, 3.63) is 18.3 Å². The van der Waals surface area contributed by atoms with E-state index >= 15 is 0 Å². The van der Waals surface area contributed by atoms with E-state index in [0.29, 0.717) is 6.04 Å². The van der Waals surface area contributed by atoms with Gasteiger partial charge in [-0.1, -0.05) is 26.7 Å². The predicted octanol–water partition coefficient (Wildman–Crippen LogP) is 4.16. The van der Waals surface area contributed by atoms with E-state index in [1.54, 1.807) is 0 Å². The van der Waals surface area contributed by atoms with Crippen molar-refractivity contribution in [3.8, 4) is 0 Å². The molecule has 20 heavy (non-hydrogen) atoms. The number of pyridine rings is 1. The Morgan fingerprint density at radius 1 is 1.30 bits per heavy atom. The lowest BCUT2D eigenvalue weighted by Gasteiger charge is -2.31. The van der Waals surface area contributed by atoms with Crippen LogP contribution in [0.25, 0.3) is 0 Å². The van der Waals surface area contributed by atoms with Gasteiger partial charge >= 0.3 is 0 Å². The Balaban J connectivity index is 1.89. The first-order chi connectivity index (χ1) is 9.54. The first kappa shape index (κ1) is 15.1. The van der Waals surface area contributed by atoms with Gasteiger partial charge in [-0.2, -0.15) is 0 Å². The van der Waals surface area contributed by atoms with Gasteiger partial charge in [0.05, 0.1) is 11.9 Å². The summed E-state index contributed by atoms with van der Waals surface area (Å²) in [6, 6.07) is 4.85. The fraction of sp³-hybridized carbons (Fsp3) is 0.706. The molecule has 3 nitrogen and oxygen atoms in total. The number of rotatable bonds is 5. The van der Waals surface area contributed by atoms with Gasteiger partial charge in [-0.3, -0.25) is 0 Å². The molecule has 1 fully saturated rings. The molecule has 0 spiro atoms. The maximum absolute atomic E-state index is 4.47. The maximum atomic E-state index is 4.47. The molecule has 2 rings (SSSR count). The van der Waals surface area contributed by atoms with Gasteiger partial charge < -0.3 is 10.2 Å². The summed E-state index contributed by atoms with van der Waals surface area (Å²) in [7, 11) is 4.04. The summed E-state index contributed by atoms with van der Waals surface area (Å²) in [6.45, 7) is 4.67. The van der Waals surface area contributed by atoms with Crippen LogP contribution in [-0.2, 0) is 0 Å². The van der Waals surface area contributed by atoms with Gasteiger partial charge in [0.15, 0.2) is 0 Å². The van der Waals surface area contributed by atoms with Crippen LogP contribution in [0.15, 0.2) is 18.3 Å². The van der Waals surface area contributed by atoms with E-state index in [0.717, 1.165) is 23.3 Å². The van der Waals surface area contributed by atoms with Crippen molar-refractivity contribution in [3.63, 3.8) is 0 Å². The molecule has 1 N–H and O–H groups in total. The summed E-state index contributed by atoms with van der Waals surface area (Å²) in [5.74, 6) is 2.73. The third-order valence-electron chi connectivity index (χ3n) is 4.16. The number of nitrogens with zero attached hydrogens (tertiary/aromatic N) is 2. The molecule has 112 valence electrons. The molecular formula is C17H29N3. The summed E-state index contributed by atoms with van der Waals surface area (Å²) in [6.07, 6.45) is 8.71. The first-order valence-electron chi connectivity index (χ1n) is 7.94. The normalized spacial score (nSPS) is 22.9. The molecule has 2 unspecified atom stereocenters. The van der Waals surface area contributed by atoms with E-state index in [-0.39, 0.29) is 0 Å². The standard InChI is InChI=1S/C17H29N3/c1-13(2)10-14-6-5-7-15(11-14)19-16-8-9-17(18-12-16)20(3)4/h8-9,12-15,19H,5-7,10-11H2,1-4H3. The third kappa shape index (κ3) is 4.39. The van der Waals surface area contributed by atoms with Crippen LogP contribution in [0.2, 0.25) is 0 Å². The Labute approximate surface area is 123 Å². The molecule has 0 aliphatic heterocycles. The van der Waals surface area contributed by atoms with Crippen molar-refractivity contribution in [2.24, 2.45) is 11.8 Å². The van der Waals surface area contributed by atoms with Crippen LogP contribution >= 0.6 is 0 Å². The van der Waals surface area contributed by atoms with Gasteiger partial charge in [-0.15, -0.1) is 0 Å². The number of anilines is 2. The Morgan fingerprint density at radius 3 is 2.70 bits per heavy atom. The van der Waals surface area contributed by atoms with E-state index in [9.17, 15) is 0 Å². The first-order valence-corrected chi connectivity index (χ1v) is 7.94. The lowest BCUT2D eigenvalue weighted by molar-refractivity contribution is 0.289. The van der Waals surface area contributed by atoms with Crippen LogP contribution in [0, 0.1) is 11.8 Å². The van der Waals surface area contributed by atoms with E-state index in [1.165, 1.54) is 32.1 Å². The van der Waals surface area contributed by atoms with Gasteiger partial charge in [0.1, 0.15) is 5.82 Å². The molecule has 1 aliphatic carbocycles. The van der Waals surface area contributed by atoms with Gasteiger partial charge in [-0.25, -0.2) is 4.98 Å². The van der Waals surface area contributed by atoms with Crippen LogP contribution in [0.1, 0.15) is 46.0 Å². The molecule has 1 aliphatic rings. The van der Waals surface area contributed by atoms with Gasteiger partial charge in [0, 0.05) is 20.1 Å². The monoisotopic (exact) mass is 275 g/mol. The van der Waals surface area contributed by atoms with Crippen molar-refractivity contribution < 1.29 is 0 Å². The minimum atomic E-state index is 0.625. The summed E-state index contributed by atoms with van der Waals surface area (Å²) >= 11 is 0. The van der Waals surface area contributed by atoms with E-state index in [1.807, 2.05) is 25.2 Å². The fourth-order valence-electron chi connectivity index (χ4n) is 3.27. The zero-order valence-corrected chi connectivity index (χ0v) is 13.4. The smallest absolute Gasteiger partial charge is 0.128 e. The molecule has 1 saturated carbocycles. The summed E-state index contributed by atoms with van der Waals surface area (Å²) in [5.41, 5.74) is 1.16. The summed E-state index contributed by atoms with van der Waals surface area (Å²) in [5, 5.41) is 3.67. The van der Waals surface area contributed by atoms with Crippen LogP contribution in [-0.4, -0.2) is 25.1 Å². The van der Waals surface area contributed by atoms with Gasteiger partial charge in [0.25, 0.3) is 0 Å². The largest absolute Gasteiger partial charge is 0.381 e. The SMILES string of the molecule is CC(C)CC1CCCC(Nc2ccc(N(C)C)nc2)C1. The Hall–Kier alpha value is -1.25. The molecule has 0 aromatic carbocycles. The van der Waals surface area contributed by atoms with Crippen molar-refractivity contribution in [1.82, 2.24) is 4.98 Å². The molecule has 0 radical (unpaired) electrons. The predicted molar refractivity (Wildman–Crippen MR) is 87.4 cm³/mol. The highest BCUT2D eigenvalue weighted by atomic mass is 15.1. The fourth-order valence-corrected chi connectivity index (χ4v) is 3.27. The Kier molecular flexibility index (Phi) is 5.27. The second-order valence-corrected chi connectivity index (χ2v) is 6.80. The second-order valence-electron chi connectivity index (χ2n) is 6.80. The van der Waals surface area contributed by atoms with Gasteiger partial charge in [0.2, 0.25) is 0 Å². The molecule has 2 atom stereocenters. The molecule has 0 bridgehead atoms. The van der Waals surface area contributed by atoms with Crippen LogP contribution in [0.4, 0.5) is 11.5 Å². The van der Waals surface area contributed by atoms with Crippen molar-refractivity contribution >= 4 is 11.5 Å². The molecule has 0 saturated heterocycles. The molecular weight excluding hydrogens is 246 g/mol. The third-order valence-corrected chi connectivity index (χ3v) is 4.16. The Bertz CT molecular complexity index is 397. The zero-order valence-electron chi connectivity index (χ0n) is 13.4. The summed E-state index contributed by atoms with van der Waals surface area (Å²) in [4.78, 5) is 6.51. The number of nitrogens with one attached hydrogen (secondary N) is 1. The molecule has 1 aromatic rings. The molecule has 3 heteroatoms. The molecule has 1 heterocycles. The van der Waals surface area contributed by atoms with E-state index < -0.39 is 0 Å². The highest BCUT2D eigenvalue weighted by Gasteiger charge is 2.22. The second kappa shape index (κ2) is 6.96. The maximum Gasteiger partial charge on any atom is 0.128 e.